The molecule has 0 bridgehead atoms. The van der Waals surface area contributed by atoms with Gasteiger partial charge in [0.1, 0.15) is 0 Å². The molecule has 2 aromatic rings. The van der Waals surface area contributed by atoms with Crippen LogP contribution in [0.1, 0.15) is 21.6 Å². The summed E-state index contributed by atoms with van der Waals surface area (Å²) in [5, 5.41) is 2.91. The first kappa shape index (κ1) is 13.7. The van der Waals surface area contributed by atoms with Crippen LogP contribution in [-0.4, -0.2) is 28.7 Å². The van der Waals surface area contributed by atoms with Crippen molar-refractivity contribution < 1.29 is 4.79 Å². The molecule has 2 rings (SSSR count). The van der Waals surface area contributed by atoms with Crippen LogP contribution in [0, 0.1) is 0 Å². The van der Waals surface area contributed by atoms with Gasteiger partial charge < -0.3 is 10.3 Å². The Morgan fingerprint density at radius 3 is 3.11 bits per heavy atom. The standard InChI is InChI=1S/C14H17N3OS/c1-19-9-11-3-2-4-12(7-11)14(18)16-6-5-13-8-15-10-17-13/h2-4,7-8,10H,5-6,9H2,1H3,(H,15,17)(H,16,18). The quantitative estimate of drug-likeness (QED) is 0.850. The van der Waals surface area contributed by atoms with Gasteiger partial charge in [0, 0.05) is 36.2 Å². The molecule has 0 unspecified atom stereocenters. The number of nitrogens with one attached hydrogen (secondary N) is 2. The average Bonchev–Trinajstić information content (AvgIpc) is 2.92. The van der Waals surface area contributed by atoms with E-state index in [0.29, 0.717) is 6.54 Å². The molecular formula is C14H17N3OS. The molecule has 100 valence electrons. The molecule has 0 fully saturated rings. The number of hydrogen-bond donors (Lipinski definition) is 2. The molecule has 0 aliphatic carbocycles. The highest BCUT2D eigenvalue weighted by Gasteiger charge is 2.05. The lowest BCUT2D eigenvalue weighted by molar-refractivity contribution is 0.0954. The summed E-state index contributed by atoms with van der Waals surface area (Å²) in [6.45, 7) is 0.605. The van der Waals surface area contributed by atoms with E-state index in [9.17, 15) is 4.79 Å². The Morgan fingerprint density at radius 2 is 2.37 bits per heavy atom. The van der Waals surface area contributed by atoms with Crippen molar-refractivity contribution in [2.45, 2.75) is 12.2 Å². The van der Waals surface area contributed by atoms with Gasteiger partial charge in [-0.2, -0.15) is 11.8 Å². The van der Waals surface area contributed by atoms with Crippen molar-refractivity contribution in [1.82, 2.24) is 15.3 Å². The lowest BCUT2D eigenvalue weighted by Gasteiger charge is -2.06. The molecule has 0 spiro atoms. The molecule has 4 nitrogen and oxygen atoms in total. The number of imidazole rings is 1. The van der Waals surface area contributed by atoms with Crippen LogP contribution in [0.5, 0.6) is 0 Å². The number of thioether (sulfide) groups is 1. The van der Waals surface area contributed by atoms with Gasteiger partial charge >= 0.3 is 0 Å². The predicted octanol–water partition coefficient (Wildman–Crippen LogP) is 2.25. The Labute approximate surface area is 117 Å². The van der Waals surface area contributed by atoms with E-state index in [4.69, 9.17) is 0 Å². The van der Waals surface area contributed by atoms with Crippen LogP contribution in [0.15, 0.2) is 36.8 Å². The van der Waals surface area contributed by atoms with Crippen molar-refractivity contribution in [3.05, 3.63) is 53.6 Å². The largest absolute Gasteiger partial charge is 0.352 e. The van der Waals surface area contributed by atoms with Gasteiger partial charge in [-0.15, -0.1) is 0 Å². The first-order valence-electron chi connectivity index (χ1n) is 6.13. The summed E-state index contributed by atoms with van der Waals surface area (Å²) in [5.41, 5.74) is 2.92. The molecule has 0 atom stereocenters. The van der Waals surface area contributed by atoms with Crippen LogP contribution < -0.4 is 5.32 Å². The zero-order chi connectivity index (χ0) is 13.5. The number of carbonyl (C=O) groups excluding carboxylic acids is 1. The maximum Gasteiger partial charge on any atom is 0.251 e. The van der Waals surface area contributed by atoms with Gasteiger partial charge in [-0.05, 0) is 24.0 Å². The molecule has 1 amide bonds. The molecule has 0 radical (unpaired) electrons. The Hall–Kier alpha value is -1.75. The highest BCUT2D eigenvalue weighted by atomic mass is 32.2. The lowest BCUT2D eigenvalue weighted by atomic mass is 10.1. The van der Waals surface area contributed by atoms with Gasteiger partial charge in [-0.1, -0.05) is 12.1 Å². The average molecular weight is 275 g/mol. The van der Waals surface area contributed by atoms with E-state index < -0.39 is 0 Å². The van der Waals surface area contributed by atoms with Gasteiger partial charge in [-0.25, -0.2) is 4.98 Å². The van der Waals surface area contributed by atoms with Crippen LogP contribution >= 0.6 is 11.8 Å². The van der Waals surface area contributed by atoms with Crippen molar-refractivity contribution in [2.24, 2.45) is 0 Å². The number of amides is 1. The molecule has 0 saturated heterocycles. The lowest BCUT2D eigenvalue weighted by Crippen LogP contribution is -2.25. The summed E-state index contributed by atoms with van der Waals surface area (Å²) in [6, 6.07) is 7.75. The molecule has 0 aliphatic heterocycles. The minimum atomic E-state index is -0.0255. The topological polar surface area (TPSA) is 57.8 Å². The number of rotatable bonds is 6. The molecule has 0 aliphatic rings. The minimum Gasteiger partial charge on any atom is -0.352 e. The third-order valence-electron chi connectivity index (χ3n) is 2.73. The third kappa shape index (κ3) is 4.13. The number of carbonyl (C=O) groups is 1. The van der Waals surface area contributed by atoms with Crippen molar-refractivity contribution in [3.63, 3.8) is 0 Å². The molecule has 0 saturated carbocycles. The number of H-pyrrole nitrogens is 1. The fourth-order valence-electron chi connectivity index (χ4n) is 1.80. The van der Waals surface area contributed by atoms with E-state index in [2.05, 4.69) is 21.5 Å². The normalized spacial score (nSPS) is 10.4. The second-order valence-corrected chi connectivity index (χ2v) is 5.08. The zero-order valence-electron chi connectivity index (χ0n) is 10.8. The Bertz CT molecular complexity index is 525. The summed E-state index contributed by atoms with van der Waals surface area (Å²) < 4.78 is 0. The number of benzene rings is 1. The van der Waals surface area contributed by atoms with Gasteiger partial charge in [0.05, 0.1) is 6.33 Å². The van der Waals surface area contributed by atoms with Crippen LogP contribution in [0.4, 0.5) is 0 Å². The summed E-state index contributed by atoms with van der Waals surface area (Å²) in [6.07, 6.45) is 6.22. The number of hydrogen-bond acceptors (Lipinski definition) is 3. The van der Waals surface area contributed by atoms with Crippen LogP contribution in [-0.2, 0) is 12.2 Å². The van der Waals surface area contributed by atoms with Gasteiger partial charge in [0.2, 0.25) is 0 Å². The summed E-state index contributed by atoms with van der Waals surface area (Å²) in [5.74, 6) is 0.900. The Kier molecular flexibility index (Phi) is 5.03. The van der Waals surface area contributed by atoms with E-state index in [1.165, 1.54) is 5.56 Å². The third-order valence-corrected chi connectivity index (χ3v) is 3.36. The summed E-state index contributed by atoms with van der Waals surface area (Å²) in [4.78, 5) is 18.9. The molecular weight excluding hydrogens is 258 g/mol. The van der Waals surface area contributed by atoms with E-state index in [1.54, 1.807) is 24.3 Å². The minimum absolute atomic E-state index is 0.0255. The van der Waals surface area contributed by atoms with Gasteiger partial charge in [0.25, 0.3) is 5.91 Å². The Morgan fingerprint density at radius 1 is 1.47 bits per heavy atom. The summed E-state index contributed by atoms with van der Waals surface area (Å²) >= 11 is 1.75. The summed E-state index contributed by atoms with van der Waals surface area (Å²) in [7, 11) is 0. The second kappa shape index (κ2) is 6.99. The van der Waals surface area contributed by atoms with Crippen LogP contribution in [0.3, 0.4) is 0 Å². The monoisotopic (exact) mass is 275 g/mol. The van der Waals surface area contributed by atoms with Crippen LogP contribution in [0.2, 0.25) is 0 Å². The van der Waals surface area contributed by atoms with Crippen LogP contribution in [0.25, 0.3) is 0 Å². The van der Waals surface area contributed by atoms with Gasteiger partial charge in [0.15, 0.2) is 0 Å². The van der Waals surface area contributed by atoms with E-state index in [-0.39, 0.29) is 5.91 Å². The van der Waals surface area contributed by atoms with E-state index in [1.807, 2.05) is 24.3 Å². The molecule has 19 heavy (non-hydrogen) atoms. The van der Waals surface area contributed by atoms with E-state index >= 15 is 0 Å². The van der Waals surface area contributed by atoms with Crippen molar-refractivity contribution in [1.29, 1.82) is 0 Å². The highest BCUT2D eigenvalue weighted by molar-refractivity contribution is 7.97. The van der Waals surface area contributed by atoms with E-state index in [0.717, 1.165) is 23.4 Å². The first-order valence-corrected chi connectivity index (χ1v) is 7.52. The molecule has 5 heteroatoms. The fraction of sp³-hybridized carbons (Fsp3) is 0.286. The predicted molar refractivity (Wildman–Crippen MR) is 78.3 cm³/mol. The van der Waals surface area contributed by atoms with Crippen molar-refractivity contribution in [3.8, 4) is 0 Å². The zero-order valence-corrected chi connectivity index (χ0v) is 11.7. The SMILES string of the molecule is CSCc1cccc(C(=O)NCCc2cnc[nH]2)c1. The van der Waals surface area contributed by atoms with Crippen molar-refractivity contribution in [2.75, 3.05) is 12.8 Å². The molecule has 2 N–H and O–H groups in total. The number of aromatic amines is 1. The van der Waals surface area contributed by atoms with Gasteiger partial charge in [-0.3, -0.25) is 4.79 Å². The number of nitrogens with zero attached hydrogens (tertiary/aromatic N) is 1. The Balaban J connectivity index is 1.87. The fourth-order valence-corrected chi connectivity index (χ4v) is 2.32. The number of aromatic nitrogens is 2. The first-order chi connectivity index (χ1) is 9.29. The maximum absolute atomic E-state index is 12.0. The molecule has 1 heterocycles. The smallest absolute Gasteiger partial charge is 0.251 e. The maximum atomic E-state index is 12.0. The highest BCUT2D eigenvalue weighted by Crippen LogP contribution is 2.11. The second-order valence-electron chi connectivity index (χ2n) is 4.22. The van der Waals surface area contributed by atoms with Crippen molar-refractivity contribution >= 4 is 17.7 Å². The molecule has 1 aromatic heterocycles. The molecule has 1 aromatic carbocycles.